The van der Waals surface area contributed by atoms with Gasteiger partial charge in [0.2, 0.25) is 0 Å². The molecule has 0 amide bonds. The van der Waals surface area contributed by atoms with Gasteiger partial charge >= 0.3 is 0 Å². The summed E-state index contributed by atoms with van der Waals surface area (Å²) in [6, 6.07) is 16.7. The molecule has 0 aliphatic heterocycles. The number of hydrogen-bond acceptors (Lipinski definition) is 3. The standard InChI is InChI=1S/C25H25N5O/c1-15-11-19(14-28(4)25(15)31)24-26-21-12-20-16(2)27-29(5)22(20)13-23(21)30(24)17(3)18-9-7-6-8-10-18/h6-14,17H,1-5H3. The van der Waals surface area contributed by atoms with E-state index in [0.717, 1.165) is 39.0 Å². The quantitative estimate of drug-likeness (QED) is 0.439. The van der Waals surface area contributed by atoms with Crippen LogP contribution in [-0.2, 0) is 14.1 Å². The average molecular weight is 412 g/mol. The van der Waals surface area contributed by atoms with E-state index in [-0.39, 0.29) is 11.6 Å². The lowest BCUT2D eigenvalue weighted by molar-refractivity contribution is 0.664. The first-order chi connectivity index (χ1) is 14.8. The van der Waals surface area contributed by atoms with Crippen LogP contribution < -0.4 is 5.56 Å². The summed E-state index contributed by atoms with van der Waals surface area (Å²) in [6.07, 6.45) is 1.87. The predicted molar refractivity (Wildman–Crippen MR) is 124 cm³/mol. The number of pyridine rings is 1. The second kappa shape index (κ2) is 6.94. The Bertz CT molecular complexity index is 1480. The molecule has 0 radical (unpaired) electrons. The van der Waals surface area contributed by atoms with Gasteiger partial charge in [-0.25, -0.2) is 4.98 Å². The van der Waals surface area contributed by atoms with Gasteiger partial charge in [0.15, 0.2) is 0 Å². The molecule has 1 unspecified atom stereocenters. The zero-order chi connectivity index (χ0) is 21.9. The molecule has 2 aromatic carbocycles. The largest absolute Gasteiger partial charge is 0.318 e. The van der Waals surface area contributed by atoms with Crippen molar-refractivity contribution in [1.82, 2.24) is 23.9 Å². The van der Waals surface area contributed by atoms with Gasteiger partial charge in [0, 0.05) is 36.8 Å². The molecule has 5 rings (SSSR count). The summed E-state index contributed by atoms with van der Waals surface area (Å²) in [6.45, 7) is 6.06. The number of fused-ring (bicyclic) bond motifs is 2. The molecule has 0 saturated carbocycles. The third-order valence-electron chi connectivity index (χ3n) is 6.14. The maximum absolute atomic E-state index is 12.3. The van der Waals surface area contributed by atoms with Crippen LogP contribution in [0.3, 0.4) is 0 Å². The molecular weight excluding hydrogens is 386 g/mol. The van der Waals surface area contributed by atoms with Gasteiger partial charge in [-0.15, -0.1) is 0 Å². The van der Waals surface area contributed by atoms with Gasteiger partial charge in [-0.3, -0.25) is 9.48 Å². The highest BCUT2D eigenvalue weighted by atomic mass is 16.1. The number of hydrogen-bond donors (Lipinski definition) is 0. The minimum Gasteiger partial charge on any atom is -0.318 e. The lowest BCUT2D eigenvalue weighted by atomic mass is 10.1. The SMILES string of the molecule is Cc1cc(-c2nc3cc4c(C)nn(C)c4cc3n2C(C)c2ccccc2)cn(C)c1=O. The lowest BCUT2D eigenvalue weighted by Gasteiger charge is -2.19. The van der Waals surface area contributed by atoms with Crippen LogP contribution in [0.2, 0.25) is 0 Å². The zero-order valence-electron chi connectivity index (χ0n) is 18.4. The molecule has 3 aromatic heterocycles. The van der Waals surface area contributed by atoms with Crippen molar-refractivity contribution in [2.24, 2.45) is 14.1 Å². The maximum atomic E-state index is 12.3. The van der Waals surface area contributed by atoms with Crippen LogP contribution in [0.15, 0.2) is 59.5 Å². The van der Waals surface area contributed by atoms with E-state index in [0.29, 0.717) is 5.56 Å². The van der Waals surface area contributed by atoms with E-state index in [4.69, 9.17) is 4.98 Å². The van der Waals surface area contributed by atoms with Gasteiger partial charge in [0.05, 0.1) is 28.3 Å². The lowest BCUT2D eigenvalue weighted by Crippen LogP contribution is -2.19. The molecule has 6 nitrogen and oxygen atoms in total. The number of aromatic nitrogens is 5. The van der Waals surface area contributed by atoms with Crippen molar-refractivity contribution in [3.8, 4) is 11.4 Å². The third-order valence-corrected chi connectivity index (χ3v) is 6.14. The Hall–Kier alpha value is -3.67. The number of benzene rings is 2. The van der Waals surface area contributed by atoms with Crippen molar-refractivity contribution in [3.63, 3.8) is 0 Å². The molecule has 6 heteroatoms. The first-order valence-electron chi connectivity index (χ1n) is 10.4. The van der Waals surface area contributed by atoms with Crippen LogP contribution >= 0.6 is 0 Å². The predicted octanol–water partition coefficient (Wildman–Crippen LogP) is 4.51. The number of nitrogens with zero attached hydrogens (tertiary/aromatic N) is 5. The molecule has 1 atom stereocenters. The average Bonchev–Trinajstić information content (AvgIpc) is 3.27. The van der Waals surface area contributed by atoms with Crippen LogP contribution in [0.1, 0.15) is 29.8 Å². The fourth-order valence-electron chi connectivity index (χ4n) is 4.50. The number of rotatable bonds is 3. The van der Waals surface area contributed by atoms with Crippen molar-refractivity contribution >= 4 is 21.9 Å². The number of aryl methyl sites for hydroxylation is 4. The van der Waals surface area contributed by atoms with E-state index in [1.807, 2.05) is 43.9 Å². The minimum absolute atomic E-state index is 0.00922. The molecule has 156 valence electrons. The Morgan fingerprint density at radius 2 is 1.71 bits per heavy atom. The monoisotopic (exact) mass is 411 g/mol. The molecule has 5 aromatic rings. The van der Waals surface area contributed by atoms with Crippen LogP contribution in [0.5, 0.6) is 0 Å². The van der Waals surface area contributed by atoms with Crippen molar-refractivity contribution in [2.75, 3.05) is 0 Å². The summed E-state index contributed by atoms with van der Waals surface area (Å²) in [5.74, 6) is 0.853. The first kappa shape index (κ1) is 19.3. The summed E-state index contributed by atoms with van der Waals surface area (Å²) in [4.78, 5) is 17.3. The topological polar surface area (TPSA) is 57.6 Å². The van der Waals surface area contributed by atoms with Crippen molar-refractivity contribution in [3.05, 3.63) is 81.9 Å². The van der Waals surface area contributed by atoms with E-state index >= 15 is 0 Å². The summed E-state index contributed by atoms with van der Waals surface area (Å²) in [7, 11) is 3.76. The highest BCUT2D eigenvalue weighted by Gasteiger charge is 2.21. The summed E-state index contributed by atoms with van der Waals surface area (Å²) < 4.78 is 5.82. The minimum atomic E-state index is 0.00922. The molecule has 0 bridgehead atoms. The van der Waals surface area contributed by atoms with Gasteiger partial charge in [-0.05, 0) is 44.5 Å². The molecule has 31 heavy (non-hydrogen) atoms. The Morgan fingerprint density at radius 3 is 2.42 bits per heavy atom. The molecule has 0 aliphatic rings. The van der Waals surface area contributed by atoms with E-state index in [1.54, 1.807) is 11.6 Å². The van der Waals surface area contributed by atoms with E-state index in [9.17, 15) is 4.79 Å². The second-order valence-electron chi connectivity index (χ2n) is 8.29. The molecule has 0 aliphatic carbocycles. The molecule has 0 spiro atoms. The van der Waals surface area contributed by atoms with Crippen molar-refractivity contribution < 1.29 is 0 Å². The van der Waals surface area contributed by atoms with Gasteiger partial charge in [-0.2, -0.15) is 5.10 Å². The van der Waals surface area contributed by atoms with Crippen LogP contribution in [0.4, 0.5) is 0 Å². The molecule has 0 fully saturated rings. The highest BCUT2D eigenvalue weighted by molar-refractivity contribution is 5.96. The number of imidazole rings is 1. The Balaban J connectivity index is 1.87. The van der Waals surface area contributed by atoms with E-state index in [1.165, 1.54) is 5.56 Å². The molecular formula is C25H25N5O. The normalized spacial score (nSPS) is 12.7. The van der Waals surface area contributed by atoms with Gasteiger partial charge in [0.25, 0.3) is 5.56 Å². The van der Waals surface area contributed by atoms with Gasteiger partial charge in [-0.1, -0.05) is 30.3 Å². The van der Waals surface area contributed by atoms with Gasteiger partial charge < -0.3 is 9.13 Å². The summed E-state index contributed by atoms with van der Waals surface area (Å²) in [5, 5.41) is 5.69. The maximum Gasteiger partial charge on any atom is 0.253 e. The summed E-state index contributed by atoms with van der Waals surface area (Å²) in [5.41, 5.74) is 6.88. The van der Waals surface area contributed by atoms with E-state index < -0.39 is 0 Å². The van der Waals surface area contributed by atoms with Gasteiger partial charge in [0.1, 0.15) is 5.82 Å². The van der Waals surface area contributed by atoms with Crippen molar-refractivity contribution in [1.29, 1.82) is 0 Å². The first-order valence-corrected chi connectivity index (χ1v) is 10.4. The Morgan fingerprint density at radius 1 is 0.968 bits per heavy atom. The molecule has 3 heterocycles. The molecule has 0 N–H and O–H groups in total. The second-order valence-corrected chi connectivity index (χ2v) is 8.29. The Labute approximate surface area is 180 Å². The van der Waals surface area contributed by atoms with Crippen LogP contribution in [-0.4, -0.2) is 23.9 Å². The van der Waals surface area contributed by atoms with Crippen LogP contribution in [0, 0.1) is 13.8 Å². The fraction of sp³-hybridized carbons (Fsp3) is 0.240. The molecule has 0 saturated heterocycles. The van der Waals surface area contributed by atoms with Crippen LogP contribution in [0.25, 0.3) is 33.3 Å². The fourth-order valence-corrected chi connectivity index (χ4v) is 4.50. The van der Waals surface area contributed by atoms with Crippen molar-refractivity contribution in [2.45, 2.75) is 26.8 Å². The smallest absolute Gasteiger partial charge is 0.253 e. The third kappa shape index (κ3) is 2.98. The Kier molecular flexibility index (Phi) is 4.32. The van der Waals surface area contributed by atoms with E-state index in [2.05, 4.69) is 53.0 Å². The summed E-state index contributed by atoms with van der Waals surface area (Å²) >= 11 is 0. The highest BCUT2D eigenvalue weighted by Crippen LogP contribution is 2.34. The zero-order valence-corrected chi connectivity index (χ0v) is 18.4.